The summed E-state index contributed by atoms with van der Waals surface area (Å²) in [7, 11) is 0. The minimum atomic E-state index is -0.649. The van der Waals surface area contributed by atoms with Crippen molar-refractivity contribution < 1.29 is 9.72 Å². The molecular formula is C15H14N6O3. The number of hydrogen-bond acceptors (Lipinski definition) is 5. The minimum Gasteiger partial charge on any atom is -0.342 e. The molecule has 24 heavy (non-hydrogen) atoms. The zero-order chi connectivity index (χ0) is 16.9. The summed E-state index contributed by atoms with van der Waals surface area (Å²) >= 11 is 0. The maximum absolute atomic E-state index is 12.4. The van der Waals surface area contributed by atoms with Crippen LogP contribution in [0.5, 0.6) is 0 Å². The molecule has 0 saturated carbocycles. The Labute approximate surface area is 136 Å². The third kappa shape index (κ3) is 3.29. The molecule has 0 spiro atoms. The number of nitro groups is 1. The van der Waals surface area contributed by atoms with Crippen molar-refractivity contribution in [3.8, 4) is 0 Å². The van der Waals surface area contributed by atoms with Crippen molar-refractivity contribution in [2.45, 2.75) is 12.6 Å². The molecule has 2 N–H and O–H groups in total. The Balaban J connectivity index is 1.84. The van der Waals surface area contributed by atoms with Crippen LogP contribution in [0.15, 0.2) is 55.0 Å². The van der Waals surface area contributed by atoms with Crippen molar-refractivity contribution in [3.05, 3.63) is 76.4 Å². The molecule has 122 valence electrons. The number of aromatic amines is 1. The molecule has 3 rings (SSSR count). The monoisotopic (exact) mass is 326 g/mol. The van der Waals surface area contributed by atoms with Gasteiger partial charge in [0.15, 0.2) is 0 Å². The molecule has 0 aliphatic carbocycles. The first-order valence-corrected chi connectivity index (χ1v) is 7.16. The lowest BCUT2D eigenvalue weighted by molar-refractivity contribution is -0.385. The molecule has 0 aliphatic heterocycles. The molecule has 2 heterocycles. The molecule has 9 heteroatoms. The Morgan fingerprint density at radius 1 is 1.33 bits per heavy atom. The number of carbonyl (C=O) groups excluding carboxylic acids is 1. The Bertz CT molecular complexity index is 828. The second-order valence-electron chi connectivity index (χ2n) is 5.05. The van der Waals surface area contributed by atoms with Crippen molar-refractivity contribution in [1.82, 2.24) is 25.3 Å². The van der Waals surface area contributed by atoms with E-state index in [9.17, 15) is 14.9 Å². The van der Waals surface area contributed by atoms with Gasteiger partial charge < -0.3 is 5.32 Å². The van der Waals surface area contributed by atoms with Crippen molar-refractivity contribution >= 4 is 11.6 Å². The van der Waals surface area contributed by atoms with Crippen LogP contribution in [0.4, 0.5) is 5.69 Å². The molecule has 0 radical (unpaired) electrons. The fourth-order valence-corrected chi connectivity index (χ4v) is 2.33. The first-order valence-electron chi connectivity index (χ1n) is 7.16. The number of rotatable bonds is 6. The largest absolute Gasteiger partial charge is 0.342 e. The SMILES string of the molecule is O=C(N[C@@H](Cn1cccn1)c1ccccc1)c1[nH]ncc1[N+](=O)[O-]. The summed E-state index contributed by atoms with van der Waals surface area (Å²) in [6.45, 7) is 0.394. The highest BCUT2D eigenvalue weighted by molar-refractivity contribution is 5.96. The number of benzene rings is 1. The first-order chi connectivity index (χ1) is 11.6. The summed E-state index contributed by atoms with van der Waals surface area (Å²) in [4.78, 5) is 22.7. The van der Waals surface area contributed by atoms with Gasteiger partial charge in [-0.2, -0.15) is 10.2 Å². The molecule has 0 saturated heterocycles. The zero-order valence-electron chi connectivity index (χ0n) is 12.5. The van der Waals surface area contributed by atoms with E-state index in [1.54, 1.807) is 23.1 Å². The van der Waals surface area contributed by atoms with Crippen molar-refractivity contribution in [2.75, 3.05) is 0 Å². The molecule has 0 aliphatic rings. The van der Waals surface area contributed by atoms with Crippen LogP contribution in [0.1, 0.15) is 22.1 Å². The predicted octanol–water partition coefficient (Wildman–Crippen LogP) is 1.69. The van der Waals surface area contributed by atoms with Gasteiger partial charge in [0, 0.05) is 12.4 Å². The van der Waals surface area contributed by atoms with Gasteiger partial charge in [0.1, 0.15) is 6.20 Å². The average molecular weight is 326 g/mol. The number of nitrogens with zero attached hydrogens (tertiary/aromatic N) is 4. The predicted molar refractivity (Wildman–Crippen MR) is 84.1 cm³/mol. The molecular weight excluding hydrogens is 312 g/mol. The maximum atomic E-state index is 12.4. The van der Waals surface area contributed by atoms with Crippen LogP contribution >= 0.6 is 0 Å². The van der Waals surface area contributed by atoms with Gasteiger partial charge in [0.25, 0.3) is 5.91 Å². The molecule has 9 nitrogen and oxygen atoms in total. The highest BCUT2D eigenvalue weighted by atomic mass is 16.6. The summed E-state index contributed by atoms with van der Waals surface area (Å²) in [5.74, 6) is -0.597. The third-order valence-electron chi connectivity index (χ3n) is 3.48. The van der Waals surface area contributed by atoms with Crippen LogP contribution in [0, 0.1) is 10.1 Å². The summed E-state index contributed by atoms with van der Waals surface area (Å²) in [6, 6.07) is 10.7. The Morgan fingerprint density at radius 3 is 2.79 bits per heavy atom. The van der Waals surface area contributed by atoms with Gasteiger partial charge in [-0.25, -0.2) is 0 Å². The standard InChI is InChI=1S/C15H14N6O3/c22-15(14-13(21(23)24)9-16-19-14)18-12(10-20-8-4-7-17-20)11-5-2-1-3-6-11/h1-9,12H,10H2,(H,16,19)(H,18,22)/t12-/m0/s1. The highest BCUT2D eigenvalue weighted by Gasteiger charge is 2.25. The number of H-pyrrole nitrogens is 1. The second kappa shape index (κ2) is 6.73. The van der Waals surface area contributed by atoms with Gasteiger partial charge in [-0.3, -0.25) is 24.7 Å². The van der Waals surface area contributed by atoms with Crippen LogP contribution in [0.3, 0.4) is 0 Å². The lowest BCUT2D eigenvalue weighted by atomic mass is 10.1. The second-order valence-corrected chi connectivity index (χ2v) is 5.05. The lowest BCUT2D eigenvalue weighted by Crippen LogP contribution is -2.32. The maximum Gasteiger partial charge on any atom is 0.319 e. The normalized spacial score (nSPS) is 11.8. The molecule has 0 unspecified atom stereocenters. The van der Waals surface area contributed by atoms with E-state index < -0.39 is 16.9 Å². The summed E-state index contributed by atoms with van der Waals surface area (Å²) in [6.07, 6.45) is 4.43. The van der Waals surface area contributed by atoms with E-state index in [0.717, 1.165) is 11.8 Å². The summed E-state index contributed by atoms with van der Waals surface area (Å²) in [5, 5.41) is 23.8. The first kappa shape index (κ1) is 15.4. The van der Waals surface area contributed by atoms with Crippen molar-refractivity contribution in [2.24, 2.45) is 0 Å². The van der Waals surface area contributed by atoms with Gasteiger partial charge in [0.05, 0.1) is 17.5 Å². The van der Waals surface area contributed by atoms with E-state index in [0.29, 0.717) is 6.54 Å². The Morgan fingerprint density at radius 2 is 2.12 bits per heavy atom. The van der Waals surface area contributed by atoms with Crippen LogP contribution in [-0.2, 0) is 6.54 Å². The zero-order valence-corrected chi connectivity index (χ0v) is 12.5. The third-order valence-corrected chi connectivity index (χ3v) is 3.48. The van der Waals surface area contributed by atoms with E-state index >= 15 is 0 Å². The average Bonchev–Trinajstić information content (AvgIpc) is 3.26. The number of amides is 1. The molecule has 0 bridgehead atoms. The van der Waals surface area contributed by atoms with Gasteiger partial charge >= 0.3 is 5.69 Å². The number of hydrogen-bond donors (Lipinski definition) is 2. The number of aromatic nitrogens is 4. The highest BCUT2D eigenvalue weighted by Crippen LogP contribution is 2.18. The Hall–Kier alpha value is -3.49. The molecule has 2 aromatic heterocycles. The lowest BCUT2D eigenvalue weighted by Gasteiger charge is -2.19. The summed E-state index contributed by atoms with van der Waals surface area (Å²) < 4.78 is 1.68. The van der Waals surface area contributed by atoms with Gasteiger partial charge in [0.2, 0.25) is 5.69 Å². The van der Waals surface area contributed by atoms with Crippen LogP contribution in [-0.4, -0.2) is 30.8 Å². The molecule has 0 fully saturated rings. The van der Waals surface area contributed by atoms with Gasteiger partial charge in [-0.05, 0) is 11.6 Å². The smallest absolute Gasteiger partial charge is 0.319 e. The fraction of sp³-hybridized carbons (Fsp3) is 0.133. The van der Waals surface area contributed by atoms with Gasteiger partial charge in [-0.15, -0.1) is 0 Å². The van der Waals surface area contributed by atoms with Gasteiger partial charge in [-0.1, -0.05) is 30.3 Å². The van der Waals surface area contributed by atoms with E-state index in [2.05, 4.69) is 20.6 Å². The van der Waals surface area contributed by atoms with Crippen LogP contribution in [0.2, 0.25) is 0 Å². The molecule has 3 aromatic rings. The Kier molecular flexibility index (Phi) is 4.32. The van der Waals surface area contributed by atoms with Crippen LogP contribution < -0.4 is 5.32 Å². The van der Waals surface area contributed by atoms with Crippen molar-refractivity contribution in [3.63, 3.8) is 0 Å². The topological polar surface area (TPSA) is 119 Å². The summed E-state index contributed by atoms with van der Waals surface area (Å²) in [5.41, 5.74) is 0.323. The van der Waals surface area contributed by atoms with E-state index in [-0.39, 0.29) is 11.4 Å². The number of carbonyl (C=O) groups is 1. The fourth-order valence-electron chi connectivity index (χ4n) is 2.33. The van der Waals surface area contributed by atoms with Crippen molar-refractivity contribution in [1.29, 1.82) is 0 Å². The van der Waals surface area contributed by atoms with E-state index in [1.165, 1.54) is 0 Å². The molecule has 1 aromatic carbocycles. The quantitative estimate of drug-likeness (QED) is 0.528. The molecule has 1 amide bonds. The minimum absolute atomic E-state index is 0.179. The molecule has 1 atom stereocenters. The van der Waals surface area contributed by atoms with E-state index in [4.69, 9.17) is 0 Å². The van der Waals surface area contributed by atoms with E-state index in [1.807, 2.05) is 30.3 Å². The van der Waals surface area contributed by atoms with Crippen LogP contribution in [0.25, 0.3) is 0 Å². The number of nitrogens with one attached hydrogen (secondary N) is 2.